The Morgan fingerprint density at radius 3 is 2.76 bits per heavy atom. The van der Waals surface area contributed by atoms with E-state index in [9.17, 15) is 4.79 Å². The highest BCUT2D eigenvalue weighted by Crippen LogP contribution is 2.33. The molecule has 0 N–H and O–H groups in total. The number of esters is 1. The second-order valence-corrected chi connectivity index (χ2v) is 5.67. The number of hydrogen-bond acceptors (Lipinski definition) is 3. The summed E-state index contributed by atoms with van der Waals surface area (Å²) in [6.45, 7) is 2.23. The molecule has 2 aromatic rings. The molecule has 0 bridgehead atoms. The lowest BCUT2D eigenvalue weighted by Crippen LogP contribution is -2.11. The smallest absolute Gasteiger partial charge is 0.338 e. The number of fused-ring (bicyclic) bond motifs is 1. The molecule has 0 radical (unpaired) electrons. The Hall–Kier alpha value is -1.90. The van der Waals surface area contributed by atoms with Crippen molar-refractivity contribution in [2.45, 2.75) is 44.9 Å². The molecule has 1 saturated carbocycles. The van der Waals surface area contributed by atoms with Gasteiger partial charge < -0.3 is 4.74 Å². The number of nitrogens with zero attached hydrogens (tertiary/aromatic N) is 1. The molecule has 1 aliphatic rings. The Bertz CT molecular complexity index is 645. The third-order valence-electron chi connectivity index (χ3n) is 4.25. The monoisotopic (exact) mass is 283 g/mol. The van der Waals surface area contributed by atoms with Crippen LogP contribution in [0.25, 0.3) is 10.9 Å². The zero-order chi connectivity index (χ0) is 14.7. The third-order valence-corrected chi connectivity index (χ3v) is 4.25. The van der Waals surface area contributed by atoms with Gasteiger partial charge in [0.05, 0.1) is 17.7 Å². The zero-order valence-corrected chi connectivity index (χ0v) is 12.5. The number of aromatic nitrogens is 1. The van der Waals surface area contributed by atoms with Crippen LogP contribution in [-0.4, -0.2) is 17.6 Å². The van der Waals surface area contributed by atoms with E-state index in [1.807, 2.05) is 37.3 Å². The van der Waals surface area contributed by atoms with Crippen molar-refractivity contribution in [1.82, 2.24) is 4.98 Å². The van der Waals surface area contributed by atoms with Crippen LogP contribution in [0.2, 0.25) is 0 Å². The molecule has 0 saturated heterocycles. The first-order valence-electron chi connectivity index (χ1n) is 7.86. The summed E-state index contributed by atoms with van der Waals surface area (Å²) in [5, 5.41) is 0.885. The van der Waals surface area contributed by atoms with Crippen molar-refractivity contribution >= 4 is 16.9 Å². The van der Waals surface area contributed by atoms with E-state index in [1.54, 1.807) is 0 Å². The molecule has 0 spiro atoms. The number of pyridine rings is 1. The quantitative estimate of drug-likeness (QED) is 0.781. The normalized spacial score (nSPS) is 16.0. The first-order valence-corrected chi connectivity index (χ1v) is 7.86. The minimum atomic E-state index is -0.242. The Kier molecular flexibility index (Phi) is 4.18. The first kappa shape index (κ1) is 14.1. The highest BCUT2D eigenvalue weighted by molar-refractivity contribution is 6.03. The van der Waals surface area contributed by atoms with Crippen molar-refractivity contribution in [3.63, 3.8) is 0 Å². The number of carbonyl (C=O) groups is 1. The highest BCUT2D eigenvalue weighted by atomic mass is 16.5. The van der Waals surface area contributed by atoms with E-state index < -0.39 is 0 Å². The van der Waals surface area contributed by atoms with Gasteiger partial charge in [0.25, 0.3) is 0 Å². The molecule has 110 valence electrons. The van der Waals surface area contributed by atoms with Gasteiger partial charge in [-0.2, -0.15) is 0 Å². The van der Waals surface area contributed by atoms with Crippen LogP contribution in [-0.2, 0) is 4.74 Å². The number of benzene rings is 1. The van der Waals surface area contributed by atoms with E-state index in [0.29, 0.717) is 18.1 Å². The van der Waals surface area contributed by atoms with Gasteiger partial charge in [0.2, 0.25) is 0 Å². The predicted octanol–water partition coefficient (Wildman–Crippen LogP) is 4.46. The van der Waals surface area contributed by atoms with Gasteiger partial charge in [0.15, 0.2) is 0 Å². The lowest BCUT2D eigenvalue weighted by Gasteiger charge is -2.22. The molecule has 21 heavy (non-hydrogen) atoms. The summed E-state index contributed by atoms with van der Waals surface area (Å²) in [5.74, 6) is 0.240. The van der Waals surface area contributed by atoms with Crippen LogP contribution in [0.15, 0.2) is 30.3 Å². The minimum Gasteiger partial charge on any atom is -0.462 e. The number of carbonyl (C=O) groups excluding carboxylic acids is 1. The van der Waals surface area contributed by atoms with Crippen molar-refractivity contribution in [2.75, 3.05) is 6.61 Å². The summed E-state index contributed by atoms with van der Waals surface area (Å²) in [6.07, 6.45) is 6.18. The molecule has 1 aromatic carbocycles. The van der Waals surface area contributed by atoms with Crippen molar-refractivity contribution in [1.29, 1.82) is 0 Å². The molecule has 0 aliphatic heterocycles. The molecule has 0 atom stereocenters. The van der Waals surface area contributed by atoms with Crippen molar-refractivity contribution in [2.24, 2.45) is 0 Å². The third kappa shape index (κ3) is 2.92. The van der Waals surface area contributed by atoms with Gasteiger partial charge in [-0.15, -0.1) is 0 Å². The van der Waals surface area contributed by atoms with Gasteiger partial charge in [0, 0.05) is 17.0 Å². The second-order valence-electron chi connectivity index (χ2n) is 5.67. The maximum atomic E-state index is 12.2. The summed E-state index contributed by atoms with van der Waals surface area (Å²) in [6, 6.07) is 9.78. The Morgan fingerprint density at radius 1 is 1.24 bits per heavy atom. The number of para-hydroxylation sites is 1. The maximum absolute atomic E-state index is 12.2. The summed E-state index contributed by atoms with van der Waals surface area (Å²) in [5.41, 5.74) is 2.60. The van der Waals surface area contributed by atoms with Gasteiger partial charge in [-0.25, -0.2) is 4.79 Å². The Morgan fingerprint density at radius 2 is 2.00 bits per heavy atom. The van der Waals surface area contributed by atoms with Gasteiger partial charge in [0.1, 0.15) is 0 Å². The van der Waals surface area contributed by atoms with Gasteiger partial charge >= 0.3 is 5.97 Å². The fourth-order valence-corrected chi connectivity index (χ4v) is 3.18. The van der Waals surface area contributed by atoms with Gasteiger partial charge in [-0.05, 0) is 31.9 Å². The van der Waals surface area contributed by atoms with Crippen molar-refractivity contribution < 1.29 is 9.53 Å². The molecule has 3 rings (SSSR count). The average molecular weight is 283 g/mol. The number of rotatable bonds is 3. The molecule has 3 heteroatoms. The van der Waals surface area contributed by atoms with E-state index in [2.05, 4.69) is 0 Å². The van der Waals surface area contributed by atoms with Crippen LogP contribution in [0.5, 0.6) is 0 Å². The fourth-order valence-electron chi connectivity index (χ4n) is 3.18. The molecule has 0 unspecified atom stereocenters. The van der Waals surface area contributed by atoms with Crippen LogP contribution in [0.3, 0.4) is 0 Å². The predicted molar refractivity (Wildman–Crippen MR) is 83.5 cm³/mol. The lowest BCUT2D eigenvalue weighted by atomic mass is 9.86. The molecular weight excluding hydrogens is 262 g/mol. The average Bonchev–Trinajstić information content (AvgIpc) is 2.55. The maximum Gasteiger partial charge on any atom is 0.338 e. The van der Waals surface area contributed by atoms with Crippen LogP contribution in [0, 0.1) is 0 Å². The van der Waals surface area contributed by atoms with Gasteiger partial charge in [-0.3, -0.25) is 4.98 Å². The van der Waals surface area contributed by atoms with E-state index in [1.165, 1.54) is 32.1 Å². The summed E-state index contributed by atoms with van der Waals surface area (Å²) in [4.78, 5) is 17.0. The second kappa shape index (κ2) is 6.25. The number of hydrogen-bond donors (Lipinski definition) is 0. The molecule has 1 fully saturated rings. The van der Waals surface area contributed by atoms with Crippen LogP contribution in [0.4, 0.5) is 0 Å². The lowest BCUT2D eigenvalue weighted by molar-refractivity contribution is 0.0528. The Labute approximate surface area is 125 Å². The van der Waals surface area contributed by atoms with E-state index in [4.69, 9.17) is 9.72 Å². The minimum absolute atomic E-state index is 0.242. The van der Waals surface area contributed by atoms with Crippen LogP contribution < -0.4 is 0 Å². The fraction of sp³-hybridized carbons (Fsp3) is 0.444. The van der Waals surface area contributed by atoms with E-state index in [-0.39, 0.29) is 5.97 Å². The molecule has 0 amide bonds. The summed E-state index contributed by atoms with van der Waals surface area (Å²) < 4.78 is 5.21. The van der Waals surface area contributed by atoms with Crippen molar-refractivity contribution in [3.8, 4) is 0 Å². The van der Waals surface area contributed by atoms with E-state index >= 15 is 0 Å². The van der Waals surface area contributed by atoms with Crippen LogP contribution >= 0.6 is 0 Å². The van der Waals surface area contributed by atoms with Crippen molar-refractivity contribution in [3.05, 3.63) is 41.6 Å². The summed E-state index contributed by atoms with van der Waals surface area (Å²) >= 11 is 0. The molecule has 3 nitrogen and oxygen atoms in total. The first-order chi connectivity index (χ1) is 10.3. The standard InChI is InChI=1S/C18H21NO2/c1-2-21-18(20)15-12-17(13-8-4-3-5-9-13)19-16-11-7-6-10-14(15)16/h6-7,10-13H,2-5,8-9H2,1H3. The molecular formula is C18H21NO2. The topological polar surface area (TPSA) is 39.2 Å². The summed E-state index contributed by atoms with van der Waals surface area (Å²) in [7, 11) is 0. The largest absolute Gasteiger partial charge is 0.462 e. The highest BCUT2D eigenvalue weighted by Gasteiger charge is 2.20. The molecule has 1 aromatic heterocycles. The van der Waals surface area contributed by atoms with E-state index in [0.717, 1.165) is 16.6 Å². The zero-order valence-electron chi connectivity index (χ0n) is 12.5. The molecule has 1 aliphatic carbocycles. The van der Waals surface area contributed by atoms with Crippen LogP contribution in [0.1, 0.15) is 61.0 Å². The Balaban J connectivity index is 2.07. The van der Waals surface area contributed by atoms with Gasteiger partial charge in [-0.1, -0.05) is 37.5 Å². The SMILES string of the molecule is CCOC(=O)c1cc(C2CCCCC2)nc2ccccc12. The number of ether oxygens (including phenoxy) is 1. The molecule has 1 heterocycles.